The lowest BCUT2D eigenvalue weighted by Gasteiger charge is -2.38. The number of nitrogens with zero attached hydrogens (tertiary/aromatic N) is 6. The van der Waals surface area contributed by atoms with Gasteiger partial charge in [0.25, 0.3) is 0 Å². The van der Waals surface area contributed by atoms with E-state index in [9.17, 15) is 9.90 Å². The van der Waals surface area contributed by atoms with Crippen molar-refractivity contribution in [1.82, 2.24) is 19.8 Å². The monoisotopic (exact) mass is 528 g/mol. The standard InChI is InChI=1S/C27H37ClN6O3/c1-6-24(36)32-9-11-33(12-10-32)26-20-7-8-34(23-16-19(35)15-21(28)25(23)18(2)3)17-22(20)29-27(30-26)37-14-13-31(4)5/h6,15-16,18,35H,1,7-14,17H2,2-5H3. The van der Waals surface area contributed by atoms with Crippen LogP contribution in [-0.4, -0.2) is 90.8 Å². The van der Waals surface area contributed by atoms with Crippen LogP contribution in [0.1, 0.15) is 36.6 Å². The smallest absolute Gasteiger partial charge is 0.318 e. The molecule has 1 N–H and O–H groups in total. The molecule has 200 valence electrons. The van der Waals surface area contributed by atoms with Crippen molar-refractivity contribution in [3.8, 4) is 11.8 Å². The van der Waals surface area contributed by atoms with Crippen LogP contribution in [-0.2, 0) is 17.8 Å². The molecule has 1 saturated heterocycles. The SMILES string of the molecule is C=CC(=O)N1CCN(c2nc(OCCN(C)C)nc3c2CCN(c2cc(O)cc(Cl)c2C(C)C)C3)CC1. The number of anilines is 2. The maximum Gasteiger partial charge on any atom is 0.318 e. The number of fused-ring (bicyclic) bond motifs is 1. The van der Waals surface area contributed by atoms with E-state index < -0.39 is 0 Å². The summed E-state index contributed by atoms with van der Waals surface area (Å²) in [6.45, 7) is 13.0. The molecule has 0 bridgehead atoms. The number of carbonyl (C=O) groups excluding carboxylic acids is 1. The molecule has 2 aliphatic rings. The number of phenolic OH excluding ortho intramolecular Hbond substituents is 1. The normalized spacial score (nSPS) is 15.8. The third kappa shape index (κ3) is 6.10. The predicted molar refractivity (Wildman–Crippen MR) is 147 cm³/mol. The quantitative estimate of drug-likeness (QED) is 0.522. The first-order valence-corrected chi connectivity index (χ1v) is 13.2. The van der Waals surface area contributed by atoms with Crippen LogP contribution in [0.5, 0.6) is 11.8 Å². The number of hydrogen-bond acceptors (Lipinski definition) is 8. The second kappa shape index (κ2) is 11.6. The lowest BCUT2D eigenvalue weighted by atomic mass is 9.97. The van der Waals surface area contributed by atoms with Gasteiger partial charge in [-0.1, -0.05) is 32.0 Å². The third-order valence-corrected chi connectivity index (χ3v) is 7.18. The Hall–Kier alpha value is -3.04. The van der Waals surface area contributed by atoms with Crippen LogP contribution in [0.4, 0.5) is 11.5 Å². The van der Waals surface area contributed by atoms with Crippen LogP contribution in [0, 0.1) is 0 Å². The van der Waals surface area contributed by atoms with Crippen molar-refractivity contribution in [2.75, 3.05) is 69.8 Å². The van der Waals surface area contributed by atoms with Crippen LogP contribution in [0.2, 0.25) is 5.02 Å². The van der Waals surface area contributed by atoms with Crippen LogP contribution in [0.25, 0.3) is 0 Å². The summed E-state index contributed by atoms with van der Waals surface area (Å²) in [5, 5.41) is 10.9. The fourth-order valence-corrected chi connectivity index (χ4v) is 5.36. The minimum atomic E-state index is -0.0431. The first-order chi connectivity index (χ1) is 17.7. The lowest BCUT2D eigenvalue weighted by molar-refractivity contribution is -0.126. The number of rotatable bonds is 8. The Bertz CT molecular complexity index is 1150. The molecule has 0 spiro atoms. The molecule has 0 unspecified atom stereocenters. The fourth-order valence-electron chi connectivity index (χ4n) is 4.93. The summed E-state index contributed by atoms with van der Waals surface area (Å²) in [6, 6.07) is 3.75. The molecule has 4 rings (SSSR count). The summed E-state index contributed by atoms with van der Waals surface area (Å²) in [7, 11) is 3.99. The second-order valence-corrected chi connectivity index (χ2v) is 10.5. The lowest BCUT2D eigenvalue weighted by Crippen LogP contribution is -2.49. The highest BCUT2D eigenvalue weighted by molar-refractivity contribution is 6.32. The zero-order chi connectivity index (χ0) is 26.7. The first kappa shape index (κ1) is 27.0. The van der Waals surface area contributed by atoms with Gasteiger partial charge in [-0.3, -0.25) is 4.79 Å². The molecule has 1 aromatic heterocycles. The van der Waals surface area contributed by atoms with E-state index in [4.69, 9.17) is 26.3 Å². The molecule has 2 aliphatic heterocycles. The Kier molecular flexibility index (Phi) is 8.44. The van der Waals surface area contributed by atoms with Crippen molar-refractivity contribution in [3.63, 3.8) is 0 Å². The van der Waals surface area contributed by atoms with E-state index in [1.807, 2.05) is 19.0 Å². The van der Waals surface area contributed by atoms with Gasteiger partial charge in [-0.05, 0) is 44.1 Å². The summed E-state index contributed by atoms with van der Waals surface area (Å²) in [5.74, 6) is 1.19. The molecular weight excluding hydrogens is 492 g/mol. The average Bonchev–Trinajstić information content (AvgIpc) is 2.86. The number of hydrogen-bond donors (Lipinski definition) is 1. The summed E-state index contributed by atoms with van der Waals surface area (Å²) in [5.41, 5.74) is 3.96. The van der Waals surface area contributed by atoms with E-state index in [1.54, 1.807) is 12.1 Å². The largest absolute Gasteiger partial charge is 0.508 e. The van der Waals surface area contributed by atoms with Gasteiger partial charge < -0.3 is 29.4 Å². The van der Waals surface area contributed by atoms with Crippen molar-refractivity contribution < 1.29 is 14.6 Å². The average molecular weight is 529 g/mol. The Morgan fingerprint density at radius 2 is 1.92 bits per heavy atom. The van der Waals surface area contributed by atoms with Gasteiger partial charge in [0.15, 0.2) is 0 Å². The van der Waals surface area contributed by atoms with E-state index in [0.717, 1.165) is 47.8 Å². The van der Waals surface area contributed by atoms with E-state index in [1.165, 1.54) is 6.08 Å². The van der Waals surface area contributed by atoms with Gasteiger partial charge in [0.1, 0.15) is 18.2 Å². The summed E-state index contributed by atoms with van der Waals surface area (Å²) >= 11 is 6.55. The molecule has 1 fully saturated rings. The number of likely N-dealkylation sites (N-methyl/N-ethyl adjacent to an activating group) is 1. The van der Waals surface area contributed by atoms with E-state index in [2.05, 4.69) is 35.1 Å². The topological polar surface area (TPSA) is 85.3 Å². The Morgan fingerprint density at radius 3 is 2.57 bits per heavy atom. The molecule has 0 saturated carbocycles. The highest BCUT2D eigenvalue weighted by atomic mass is 35.5. The molecule has 37 heavy (non-hydrogen) atoms. The van der Waals surface area contributed by atoms with Gasteiger partial charge in [-0.2, -0.15) is 9.97 Å². The van der Waals surface area contributed by atoms with E-state index in [-0.39, 0.29) is 17.6 Å². The van der Waals surface area contributed by atoms with Gasteiger partial charge in [-0.15, -0.1) is 0 Å². The second-order valence-electron chi connectivity index (χ2n) is 10.1. The fraction of sp³-hybridized carbons (Fsp3) is 0.519. The third-order valence-electron chi connectivity index (χ3n) is 6.87. The molecule has 2 aromatic rings. The number of ether oxygens (including phenoxy) is 1. The van der Waals surface area contributed by atoms with Crippen molar-refractivity contribution >= 4 is 29.0 Å². The maximum absolute atomic E-state index is 12.1. The number of halogens is 1. The molecule has 10 heteroatoms. The van der Waals surface area contributed by atoms with Gasteiger partial charge in [0.05, 0.1) is 12.2 Å². The molecule has 1 amide bonds. The number of piperazine rings is 1. The van der Waals surface area contributed by atoms with Crippen LogP contribution in [0.3, 0.4) is 0 Å². The zero-order valence-electron chi connectivity index (χ0n) is 22.2. The van der Waals surface area contributed by atoms with Gasteiger partial charge >= 0.3 is 6.01 Å². The van der Waals surface area contributed by atoms with Crippen LogP contribution >= 0.6 is 11.6 Å². The van der Waals surface area contributed by atoms with Gasteiger partial charge in [0.2, 0.25) is 5.91 Å². The van der Waals surface area contributed by atoms with Crippen molar-refractivity contribution in [2.24, 2.45) is 0 Å². The number of aromatic hydroxyl groups is 1. The van der Waals surface area contributed by atoms with Crippen LogP contribution in [0.15, 0.2) is 24.8 Å². The molecule has 0 aliphatic carbocycles. The van der Waals surface area contributed by atoms with Gasteiger partial charge in [-0.25, -0.2) is 0 Å². The van der Waals surface area contributed by atoms with Crippen molar-refractivity contribution in [1.29, 1.82) is 0 Å². The Balaban J connectivity index is 1.66. The highest BCUT2D eigenvalue weighted by Crippen LogP contribution is 2.40. The summed E-state index contributed by atoms with van der Waals surface area (Å²) in [6.07, 6.45) is 2.12. The van der Waals surface area contributed by atoms with Crippen LogP contribution < -0.4 is 14.5 Å². The maximum atomic E-state index is 12.1. The van der Waals surface area contributed by atoms with E-state index in [0.29, 0.717) is 50.4 Å². The molecule has 1 aromatic carbocycles. The number of benzene rings is 1. The summed E-state index contributed by atoms with van der Waals surface area (Å²) < 4.78 is 5.98. The predicted octanol–water partition coefficient (Wildman–Crippen LogP) is 3.30. The van der Waals surface area contributed by atoms with Gasteiger partial charge in [0, 0.05) is 61.6 Å². The zero-order valence-corrected chi connectivity index (χ0v) is 23.0. The number of carbonyl (C=O) groups is 1. The molecule has 0 atom stereocenters. The number of phenols is 1. The molecule has 9 nitrogen and oxygen atoms in total. The van der Waals surface area contributed by atoms with E-state index >= 15 is 0 Å². The number of aromatic nitrogens is 2. The first-order valence-electron chi connectivity index (χ1n) is 12.8. The van der Waals surface area contributed by atoms with Crippen molar-refractivity contribution in [3.05, 3.63) is 46.6 Å². The number of amides is 1. The summed E-state index contributed by atoms with van der Waals surface area (Å²) in [4.78, 5) is 30.1. The molecule has 0 radical (unpaired) electrons. The van der Waals surface area contributed by atoms with Crippen molar-refractivity contribution in [2.45, 2.75) is 32.7 Å². The molecular formula is C27H37ClN6O3. The Morgan fingerprint density at radius 1 is 1.19 bits per heavy atom. The Labute approximate surface area is 224 Å². The highest BCUT2D eigenvalue weighted by Gasteiger charge is 2.30. The minimum absolute atomic E-state index is 0.0431. The molecule has 3 heterocycles. The minimum Gasteiger partial charge on any atom is -0.508 e.